The van der Waals surface area contributed by atoms with Crippen LogP contribution in [0.1, 0.15) is 11.1 Å². The third-order valence-electron chi connectivity index (χ3n) is 4.65. The van der Waals surface area contributed by atoms with Crippen LogP contribution < -0.4 is 4.90 Å². The topological polar surface area (TPSA) is 80.2 Å². The Morgan fingerprint density at radius 3 is 2.69 bits per heavy atom. The molecule has 0 unspecified atom stereocenters. The molecule has 6 nitrogen and oxygen atoms in total. The van der Waals surface area contributed by atoms with Gasteiger partial charge in [-0.1, -0.05) is 47.2 Å². The number of hydrogen-bond donors (Lipinski definition) is 0. The Morgan fingerprint density at radius 2 is 1.97 bits per heavy atom. The zero-order valence-electron chi connectivity index (χ0n) is 17.0. The number of aromatic nitrogens is 2. The largest absolute Gasteiger partial charge is 0.280 e. The van der Waals surface area contributed by atoms with Crippen molar-refractivity contribution >= 4 is 60.1 Å². The monoisotopic (exact) mass is 483 g/mol. The minimum Gasteiger partial charge on any atom is -0.280 e. The molecule has 0 saturated carbocycles. The molecule has 0 fully saturated rings. The van der Waals surface area contributed by atoms with Gasteiger partial charge in [-0.15, -0.1) is 0 Å². The highest BCUT2D eigenvalue weighted by Crippen LogP contribution is 2.32. The number of thiazole rings is 1. The van der Waals surface area contributed by atoms with Crippen LogP contribution in [0.2, 0.25) is 5.02 Å². The molecule has 0 aliphatic rings. The van der Waals surface area contributed by atoms with Gasteiger partial charge >= 0.3 is 0 Å². The number of pyridine rings is 1. The number of amides is 1. The minimum atomic E-state index is -3.35. The van der Waals surface area contributed by atoms with Crippen molar-refractivity contribution in [3.05, 3.63) is 89.2 Å². The maximum atomic E-state index is 13.2. The van der Waals surface area contributed by atoms with Crippen LogP contribution >= 0.6 is 22.9 Å². The van der Waals surface area contributed by atoms with Gasteiger partial charge in [-0.2, -0.15) is 0 Å². The van der Waals surface area contributed by atoms with Gasteiger partial charge in [0, 0.05) is 29.7 Å². The molecule has 4 aromatic rings. The van der Waals surface area contributed by atoms with E-state index in [9.17, 15) is 13.2 Å². The van der Waals surface area contributed by atoms with E-state index in [4.69, 9.17) is 11.6 Å². The van der Waals surface area contributed by atoms with Crippen molar-refractivity contribution in [3.63, 3.8) is 0 Å². The van der Waals surface area contributed by atoms with E-state index < -0.39 is 9.84 Å². The van der Waals surface area contributed by atoms with Crippen LogP contribution in [0.15, 0.2) is 78.0 Å². The smallest absolute Gasteiger partial charge is 0.253 e. The molecule has 0 bridgehead atoms. The third kappa shape index (κ3) is 5.04. The second-order valence-corrected chi connectivity index (χ2v) is 10.5. The lowest BCUT2D eigenvalue weighted by Gasteiger charge is -2.18. The predicted octanol–water partition coefficient (Wildman–Crippen LogP) is 4.99. The SMILES string of the molecule is CS(=O)(=O)c1ccc2nc(N(Cc3cccnc3)C(=O)/C=C/c3ccccc3Cl)sc2c1. The predicted molar refractivity (Wildman–Crippen MR) is 129 cm³/mol. The van der Waals surface area contributed by atoms with Crippen molar-refractivity contribution < 1.29 is 13.2 Å². The molecule has 0 aliphatic heterocycles. The Bertz CT molecular complexity index is 1420. The highest BCUT2D eigenvalue weighted by molar-refractivity contribution is 7.90. The zero-order chi connectivity index (χ0) is 22.7. The standard InChI is InChI=1S/C23H18ClN3O3S2/c1-32(29,30)18-9-10-20-21(13-18)31-23(26-20)27(15-16-5-4-12-25-14-16)22(28)11-8-17-6-2-3-7-19(17)24/h2-14H,15H2,1H3/b11-8+. The fourth-order valence-electron chi connectivity index (χ4n) is 3.01. The molecule has 1 amide bonds. The summed E-state index contributed by atoms with van der Waals surface area (Å²) in [5.74, 6) is -0.281. The van der Waals surface area contributed by atoms with Gasteiger partial charge in [0.1, 0.15) is 0 Å². The van der Waals surface area contributed by atoms with Gasteiger partial charge in [-0.05, 0) is 47.5 Å². The summed E-state index contributed by atoms with van der Waals surface area (Å²) in [4.78, 5) is 23.6. The minimum absolute atomic E-state index is 0.212. The molecule has 2 heterocycles. The van der Waals surface area contributed by atoms with Gasteiger partial charge in [-0.3, -0.25) is 14.7 Å². The zero-order valence-corrected chi connectivity index (χ0v) is 19.4. The lowest BCUT2D eigenvalue weighted by Crippen LogP contribution is -2.28. The van der Waals surface area contributed by atoms with Crippen molar-refractivity contribution in [1.82, 2.24) is 9.97 Å². The van der Waals surface area contributed by atoms with Gasteiger partial charge in [0.15, 0.2) is 15.0 Å². The number of rotatable bonds is 6. The molecule has 0 aliphatic carbocycles. The molecule has 0 radical (unpaired) electrons. The second-order valence-electron chi connectivity index (χ2n) is 7.04. The fourth-order valence-corrected chi connectivity index (χ4v) is 4.94. The first-order chi connectivity index (χ1) is 15.3. The number of carbonyl (C=O) groups excluding carboxylic acids is 1. The highest BCUT2D eigenvalue weighted by atomic mass is 35.5. The average Bonchev–Trinajstić information content (AvgIpc) is 3.20. The Labute approximate surface area is 194 Å². The third-order valence-corrected chi connectivity index (χ3v) is 7.14. The van der Waals surface area contributed by atoms with E-state index in [1.807, 2.05) is 24.3 Å². The van der Waals surface area contributed by atoms with Gasteiger partial charge < -0.3 is 0 Å². The Morgan fingerprint density at radius 1 is 1.16 bits per heavy atom. The van der Waals surface area contributed by atoms with E-state index >= 15 is 0 Å². The summed E-state index contributed by atoms with van der Waals surface area (Å²) in [6, 6.07) is 15.7. The second kappa shape index (κ2) is 9.20. The summed E-state index contributed by atoms with van der Waals surface area (Å²) in [6.07, 6.45) is 7.62. The number of fused-ring (bicyclic) bond motifs is 1. The van der Waals surface area contributed by atoms with Crippen LogP contribution in [0, 0.1) is 0 Å². The Balaban J connectivity index is 1.72. The van der Waals surface area contributed by atoms with Crippen LogP contribution in [0.4, 0.5) is 5.13 Å². The number of hydrogen-bond acceptors (Lipinski definition) is 6. The lowest BCUT2D eigenvalue weighted by atomic mass is 10.2. The van der Waals surface area contributed by atoms with Crippen molar-refractivity contribution in [2.75, 3.05) is 11.2 Å². The summed E-state index contributed by atoms with van der Waals surface area (Å²) >= 11 is 7.45. The van der Waals surface area contributed by atoms with Crippen molar-refractivity contribution in [2.45, 2.75) is 11.4 Å². The summed E-state index contributed by atoms with van der Waals surface area (Å²) in [6.45, 7) is 0.262. The van der Waals surface area contributed by atoms with Gasteiger partial charge in [0.25, 0.3) is 5.91 Å². The van der Waals surface area contributed by atoms with Crippen molar-refractivity contribution in [1.29, 1.82) is 0 Å². The number of halogens is 1. The summed E-state index contributed by atoms with van der Waals surface area (Å²) in [5, 5.41) is 1.01. The number of anilines is 1. The van der Waals surface area contributed by atoms with E-state index in [2.05, 4.69) is 9.97 Å². The number of carbonyl (C=O) groups is 1. The van der Waals surface area contributed by atoms with Crippen LogP contribution in [-0.2, 0) is 21.2 Å². The summed E-state index contributed by atoms with van der Waals surface area (Å²) < 4.78 is 24.5. The first kappa shape index (κ1) is 22.1. The van der Waals surface area contributed by atoms with E-state index in [1.54, 1.807) is 42.7 Å². The molecular formula is C23H18ClN3O3S2. The Hall–Kier alpha value is -3.07. The molecule has 0 saturated heterocycles. The van der Waals surface area contributed by atoms with E-state index in [0.29, 0.717) is 20.4 Å². The quantitative estimate of drug-likeness (QED) is 0.361. The maximum absolute atomic E-state index is 13.2. The molecular weight excluding hydrogens is 466 g/mol. The molecule has 4 rings (SSSR count). The molecule has 0 N–H and O–H groups in total. The number of nitrogens with zero attached hydrogens (tertiary/aromatic N) is 3. The van der Waals surface area contributed by atoms with Crippen LogP contribution in [0.25, 0.3) is 16.3 Å². The molecule has 162 valence electrons. The van der Waals surface area contributed by atoms with E-state index in [0.717, 1.165) is 17.4 Å². The van der Waals surface area contributed by atoms with Crippen LogP contribution in [0.5, 0.6) is 0 Å². The highest BCUT2D eigenvalue weighted by Gasteiger charge is 2.20. The van der Waals surface area contributed by atoms with Crippen molar-refractivity contribution in [2.24, 2.45) is 0 Å². The van der Waals surface area contributed by atoms with Crippen LogP contribution in [0.3, 0.4) is 0 Å². The molecule has 0 atom stereocenters. The first-order valence-electron chi connectivity index (χ1n) is 9.55. The summed E-state index contributed by atoms with van der Waals surface area (Å²) in [5.41, 5.74) is 2.19. The fraction of sp³-hybridized carbons (Fsp3) is 0.0870. The number of sulfone groups is 1. The lowest BCUT2D eigenvalue weighted by molar-refractivity contribution is -0.114. The van der Waals surface area contributed by atoms with Gasteiger partial charge in [-0.25, -0.2) is 13.4 Å². The van der Waals surface area contributed by atoms with Gasteiger partial charge in [0.05, 0.1) is 21.7 Å². The molecule has 2 aromatic heterocycles. The molecule has 0 spiro atoms. The average molecular weight is 484 g/mol. The van der Waals surface area contributed by atoms with Crippen LogP contribution in [-0.4, -0.2) is 30.5 Å². The van der Waals surface area contributed by atoms with E-state index in [-0.39, 0.29) is 17.3 Å². The first-order valence-corrected chi connectivity index (χ1v) is 12.6. The normalized spacial score (nSPS) is 11.8. The van der Waals surface area contributed by atoms with E-state index in [1.165, 1.54) is 28.4 Å². The van der Waals surface area contributed by atoms with Crippen molar-refractivity contribution in [3.8, 4) is 0 Å². The maximum Gasteiger partial charge on any atom is 0.253 e. The van der Waals surface area contributed by atoms with Gasteiger partial charge in [0.2, 0.25) is 0 Å². The Kier molecular flexibility index (Phi) is 6.36. The molecule has 32 heavy (non-hydrogen) atoms. The summed E-state index contributed by atoms with van der Waals surface area (Å²) in [7, 11) is -3.35. The molecule has 2 aromatic carbocycles. The number of benzene rings is 2. The molecule has 9 heteroatoms.